The van der Waals surface area contributed by atoms with Gasteiger partial charge < -0.3 is 19.5 Å². The fourth-order valence-corrected chi connectivity index (χ4v) is 1.91. The Balaban J connectivity index is 2.04. The van der Waals surface area contributed by atoms with Crippen molar-refractivity contribution < 1.29 is 14.2 Å². The maximum absolute atomic E-state index is 9.25. The van der Waals surface area contributed by atoms with E-state index in [1.807, 2.05) is 7.05 Å². The van der Waals surface area contributed by atoms with Crippen molar-refractivity contribution in [3.8, 4) is 6.07 Å². The number of hydrogen-bond acceptors (Lipinski definition) is 5. The van der Waals surface area contributed by atoms with Gasteiger partial charge in [0, 0.05) is 20.3 Å². The van der Waals surface area contributed by atoms with Crippen LogP contribution in [0.4, 0.5) is 0 Å². The van der Waals surface area contributed by atoms with Gasteiger partial charge >= 0.3 is 0 Å². The fourth-order valence-electron chi connectivity index (χ4n) is 1.91. The van der Waals surface area contributed by atoms with E-state index in [2.05, 4.69) is 11.4 Å². The normalized spacial score (nSPS) is 18.3. The summed E-state index contributed by atoms with van der Waals surface area (Å²) in [5.41, 5.74) is -0.504. The quantitative estimate of drug-likeness (QED) is 0.558. The van der Waals surface area contributed by atoms with Gasteiger partial charge in [-0.1, -0.05) is 0 Å². The molecule has 1 atom stereocenters. The highest BCUT2D eigenvalue weighted by molar-refractivity contribution is 5.14. The molecule has 0 amide bonds. The Morgan fingerprint density at radius 3 is 2.50 bits per heavy atom. The van der Waals surface area contributed by atoms with E-state index in [-0.39, 0.29) is 0 Å². The molecule has 0 bridgehead atoms. The molecule has 0 radical (unpaired) electrons. The Hall–Kier alpha value is -0.670. The fraction of sp³-hybridized carbons (Fsp3) is 0.923. The van der Waals surface area contributed by atoms with Crippen LogP contribution < -0.4 is 5.32 Å². The largest absolute Gasteiger partial charge is 0.385 e. The lowest BCUT2D eigenvalue weighted by Gasteiger charge is -2.25. The van der Waals surface area contributed by atoms with E-state index < -0.39 is 5.54 Å². The summed E-state index contributed by atoms with van der Waals surface area (Å²) >= 11 is 0. The van der Waals surface area contributed by atoms with Crippen LogP contribution in [0.3, 0.4) is 0 Å². The van der Waals surface area contributed by atoms with Crippen LogP contribution in [0.2, 0.25) is 0 Å². The smallest absolute Gasteiger partial charge is 0.132 e. The Kier molecular flexibility index (Phi) is 7.21. The van der Waals surface area contributed by atoms with Gasteiger partial charge in [-0.25, -0.2) is 0 Å². The average molecular weight is 256 g/mol. The number of rotatable bonds is 11. The van der Waals surface area contributed by atoms with Crippen molar-refractivity contribution in [1.29, 1.82) is 5.26 Å². The molecule has 1 fully saturated rings. The minimum Gasteiger partial charge on any atom is -0.385 e. The molecule has 0 aliphatic heterocycles. The third-order valence-corrected chi connectivity index (χ3v) is 3.26. The summed E-state index contributed by atoms with van der Waals surface area (Å²) in [7, 11) is 3.51. The molecule has 1 N–H and O–H groups in total. The molecule has 1 rings (SSSR count). The second kappa shape index (κ2) is 8.44. The Morgan fingerprint density at radius 2 is 1.94 bits per heavy atom. The van der Waals surface area contributed by atoms with Gasteiger partial charge in [0.05, 0.1) is 25.9 Å². The highest BCUT2D eigenvalue weighted by Crippen LogP contribution is 2.39. The standard InChI is InChI=1S/C13H24N2O3/c1-15-13(10-14,12-4-5-12)11-18-9-8-17-7-3-6-16-2/h12,15H,3-9,11H2,1-2H3. The van der Waals surface area contributed by atoms with Crippen LogP contribution in [-0.4, -0.2) is 52.7 Å². The van der Waals surface area contributed by atoms with E-state index in [9.17, 15) is 5.26 Å². The number of likely N-dealkylation sites (N-methyl/N-ethyl adjacent to an activating group) is 1. The third-order valence-electron chi connectivity index (χ3n) is 3.26. The summed E-state index contributed by atoms with van der Waals surface area (Å²) in [6.45, 7) is 2.95. The SMILES string of the molecule is CNC(C#N)(COCCOCCCOC)C1CC1. The molecule has 18 heavy (non-hydrogen) atoms. The molecule has 0 spiro atoms. The number of nitriles is 1. The van der Waals surface area contributed by atoms with Gasteiger partial charge in [0.15, 0.2) is 0 Å². The van der Waals surface area contributed by atoms with Crippen LogP contribution in [-0.2, 0) is 14.2 Å². The van der Waals surface area contributed by atoms with Gasteiger partial charge in [-0.3, -0.25) is 0 Å². The van der Waals surface area contributed by atoms with Crippen LogP contribution in [0, 0.1) is 17.2 Å². The van der Waals surface area contributed by atoms with Gasteiger partial charge in [-0.05, 0) is 32.2 Å². The molecule has 1 aliphatic carbocycles. The second-order valence-electron chi connectivity index (χ2n) is 4.62. The number of methoxy groups -OCH3 is 1. The van der Waals surface area contributed by atoms with Gasteiger partial charge in [0.1, 0.15) is 5.54 Å². The van der Waals surface area contributed by atoms with Crippen LogP contribution in [0.15, 0.2) is 0 Å². The highest BCUT2D eigenvalue weighted by Gasteiger charge is 2.44. The van der Waals surface area contributed by atoms with E-state index >= 15 is 0 Å². The summed E-state index contributed by atoms with van der Waals surface area (Å²) in [6, 6.07) is 2.35. The van der Waals surface area contributed by atoms with Gasteiger partial charge in [0.25, 0.3) is 0 Å². The van der Waals surface area contributed by atoms with Crippen molar-refractivity contribution in [3.05, 3.63) is 0 Å². The summed E-state index contributed by atoms with van der Waals surface area (Å²) in [5.74, 6) is 0.440. The zero-order valence-electron chi connectivity index (χ0n) is 11.4. The van der Waals surface area contributed by atoms with Crippen molar-refractivity contribution >= 4 is 0 Å². The van der Waals surface area contributed by atoms with Crippen molar-refractivity contribution in [3.63, 3.8) is 0 Å². The monoisotopic (exact) mass is 256 g/mol. The van der Waals surface area contributed by atoms with Crippen LogP contribution in [0.5, 0.6) is 0 Å². The first-order valence-electron chi connectivity index (χ1n) is 6.53. The minimum absolute atomic E-state index is 0.437. The molecular weight excluding hydrogens is 232 g/mol. The van der Waals surface area contributed by atoms with E-state index in [1.54, 1.807) is 7.11 Å². The molecule has 1 saturated carbocycles. The van der Waals surface area contributed by atoms with Crippen molar-refractivity contribution in [1.82, 2.24) is 5.32 Å². The zero-order chi connectivity index (χ0) is 13.3. The second-order valence-corrected chi connectivity index (χ2v) is 4.62. The Bertz CT molecular complexity index is 263. The lowest BCUT2D eigenvalue weighted by Crippen LogP contribution is -2.48. The van der Waals surface area contributed by atoms with Crippen molar-refractivity contribution in [2.75, 3.05) is 47.2 Å². The molecule has 5 heteroatoms. The number of nitrogens with zero attached hydrogens (tertiary/aromatic N) is 1. The molecule has 1 aliphatic rings. The maximum Gasteiger partial charge on any atom is 0.132 e. The number of hydrogen-bond donors (Lipinski definition) is 1. The van der Waals surface area contributed by atoms with E-state index in [0.29, 0.717) is 32.3 Å². The Morgan fingerprint density at radius 1 is 1.22 bits per heavy atom. The number of ether oxygens (including phenoxy) is 3. The summed E-state index contributed by atoms with van der Waals surface area (Å²) < 4.78 is 15.9. The Labute approximate surface area is 109 Å². The van der Waals surface area contributed by atoms with Gasteiger partial charge in [-0.2, -0.15) is 5.26 Å². The van der Waals surface area contributed by atoms with Gasteiger partial charge in [-0.15, -0.1) is 0 Å². The molecule has 1 unspecified atom stereocenters. The molecule has 5 nitrogen and oxygen atoms in total. The van der Waals surface area contributed by atoms with Crippen LogP contribution >= 0.6 is 0 Å². The molecule has 0 heterocycles. The first-order chi connectivity index (χ1) is 8.79. The molecule has 0 aromatic rings. The van der Waals surface area contributed by atoms with Gasteiger partial charge in [0.2, 0.25) is 0 Å². The molecule has 0 aromatic heterocycles. The van der Waals surface area contributed by atoms with Crippen LogP contribution in [0.1, 0.15) is 19.3 Å². The highest BCUT2D eigenvalue weighted by atomic mass is 16.5. The lowest BCUT2D eigenvalue weighted by molar-refractivity contribution is 0.0220. The van der Waals surface area contributed by atoms with Crippen LogP contribution in [0.25, 0.3) is 0 Å². The third kappa shape index (κ3) is 4.91. The average Bonchev–Trinajstić information content (AvgIpc) is 3.23. The predicted molar refractivity (Wildman–Crippen MR) is 68.3 cm³/mol. The van der Waals surface area contributed by atoms with Crippen molar-refractivity contribution in [2.24, 2.45) is 5.92 Å². The maximum atomic E-state index is 9.25. The zero-order valence-corrected chi connectivity index (χ0v) is 11.4. The summed E-state index contributed by atoms with van der Waals surface area (Å²) in [4.78, 5) is 0. The first kappa shape index (κ1) is 15.4. The predicted octanol–water partition coefficient (Wildman–Crippen LogP) is 0.948. The summed E-state index contributed by atoms with van der Waals surface area (Å²) in [5, 5.41) is 12.4. The molecule has 0 saturated heterocycles. The topological polar surface area (TPSA) is 63.5 Å². The van der Waals surface area contributed by atoms with E-state index in [4.69, 9.17) is 14.2 Å². The lowest BCUT2D eigenvalue weighted by atomic mass is 9.97. The summed E-state index contributed by atoms with van der Waals surface area (Å²) in [6.07, 6.45) is 3.13. The molecule has 0 aromatic carbocycles. The van der Waals surface area contributed by atoms with E-state index in [1.165, 1.54) is 0 Å². The van der Waals surface area contributed by atoms with E-state index in [0.717, 1.165) is 25.9 Å². The molecule has 104 valence electrons. The minimum atomic E-state index is -0.504. The first-order valence-corrected chi connectivity index (χ1v) is 6.53. The van der Waals surface area contributed by atoms with Crippen molar-refractivity contribution in [2.45, 2.75) is 24.8 Å². The number of nitrogens with one attached hydrogen (secondary N) is 1. The molecular formula is C13H24N2O3.